The van der Waals surface area contributed by atoms with E-state index in [0.717, 1.165) is 11.3 Å². The van der Waals surface area contributed by atoms with E-state index in [1.807, 2.05) is 13.2 Å². The molecule has 1 heterocycles. The molecule has 0 spiro atoms. The smallest absolute Gasteiger partial charge is 0.269 e. The van der Waals surface area contributed by atoms with Crippen molar-refractivity contribution in [2.75, 3.05) is 6.26 Å². The first-order valence-electron chi connectivity index (χ1n) is 6.44. The van der Waals surface area contributed by atoms with Crippen LogP contribution in [0, 0.1) is 10.1 Å². The maximum absolute atomic E-state index is 12.2. The summed E-state index contributed by atoms with van der Waals surface area (Å²) in [5.41, 5.74) is 1.86. The minimum absolute atomic E-state index is 0.0238. The standard InChI is InChI=1S/C14H15N3O3S/c1-3-12-11(13(18)16-14(15-12)21-2)8-9-5-4-6-10(7-9)17(19)20/h4-7H,3,8H2,1-2H3,(H,15,16,18). The van der Waals surface area contributed by atoms with Crippen LogP contribution in [-0.4, -0.2) is 21.1 Å². The van der Waals surface area contributed by atoms with Crippen molar-refractivity contribution in [3.8, 4) is 0 Å². The predicted molar refractivity (Wildman–Crippen MR) is 81.9 cm³/mol. The number of nitro groups is 1. The lowest BCUT2D eigenvalue weighted by Crippen LogP contribution is -2.18. The molecule has 1 aromatic heterocycles. The van der Waals surface area contributed by atoms with Crippen molar-refractivity contribution >= 4 is 17.4 Å². The number of H-pyrrole nitrogens is 1. The van der Waals surface area contributed by atoms with E-state index >= 15 is 0 Å². The van der Waals surface area contributed by atoms with Crippen LogP contribution in [0.5, 0.6) is 0 Å². The average Bonchev–Trinajstić information content (AvgIpc) is 2.49. The quantitative estimate of drug-likeness (QED) is 0.397. The van der Waals surface area contributed by atoms with Gasteiger partial charge in [-0.25, -0.2) is 4.98 Å². The normalized spacial score (nSPS) is 10.6. The van der Waals surface area contributed by atoms with Crippen molar-refractivity contribution in [2.24, 2.45) is 0 Å². The van der Waals surface area contributed by atoms with E-state index in [1.165, 1.54) is 23.9 Å². The highest BCUT2D eigenvalue weighted by molar-refractivity contribution is 7.98. The van der Waals surface area contributed by atoms with Gasteiger partial charge in [-0.15, -0.1) is 0 Å². The molecule has 0 radical (unpaired) electrons. The van der Waals surface area contributed by atoms with Crippen LogP contribution in [0.15, 0.2) is 34.2 Å². The van der Waals surface area contributed by atoms with Gasteiger partial charge in [0.15, 0.2) is 5.16 Å². The molecule has 110 valence electrons. The summed E-state index contributed by atoms with van der Waals surface area (Å²) in [6.45, 7) is 1.93. The van der Waals surface area contributed by atoms with Crippen molar-refractivity contribution in [1.29, 1.82) is 0 Å². The number of nitro benzene ring substituents is 1. The summed E-state index contributed by atoms with van der Waals surface area (Å²) in [5.74, 6) is 0. The first-order chi connectivity index (χ1) is 10.0. The van der Waals surface area contributed by atoms with E-state index in [2.05, 4.69) is 9.97 Å². The molecule has 0 atom stereocenters. The number of thioether (sulfide) groups is 1. The number of hydrogen-bond acceptors (Lipinski definition) is 5. The third-order valence-electron chi connectivity index (χ3n) is 3.11. The molecule has 0 unspecified atom stereocenters. The molecule has 0 amide bonds. The van der Waals surface area contributed by atoms with E-state index in [4.69, 9.17) is 0 Å². The number of aromatic amines is 1. The zero-order valence-electron chi connectivity index (χ0n) is 11.8. The second-order valence-corrected chi connectivity index (χ2v) is 5.25. The molecule has 0 saturated heterocycles. The molecule has 0 aliphatic heterocycles. The van der Waals surface area contributed by atoms with Gasteiger partial charge >= 0.3 is 0 Å². The summed E-state index contributed by atoms with van der Waals surface area (Å²) < 4.78 is 0. The number of non-ortho nitro benzene ring substituents is 1. The van der Waals surface area contributed by atoms with E-state index < -0.39 is 4.92 Å². The minimum atomic E-state index is -0.441. The van der Waals surface area contributed by atoms with Crippen molar-refractivity contribution in [1.82, 2.24) is 9.97 Å². The number of nitrogens with one attached hydrogen (secondary N) is 1. The zero-order valence-corrected chi connectivity index (χ0v) is 12.6. The molecular weight excluding hydrogens is 290 g/mol. The lowest BCUT2D eigenvalue weighted by molar-refractivity contribution is -0.384. The van der Waals surface area contributed by atoms with Crippen LogP contribution >= 0.6 is 11.8 Å². The zero-order chi connectivity index (χ0) is 15.4. The summed E-state index contributed by atoms with van der Waals surface area (Å²) >= 11 is 1.38. The van der Waals surface area contributed by atoms with Gasteiger partial charge in [-0.2, -0.15) is 0 Å². The first kappa shape index (κ1) is 15.2. The van der Waals surface area contributed by atoms with Gasteiger partial charge < -0.3 is 4.98 Å². The minimum Gasteiger partial charge on any atom is -0.301 e. The number of hydrogen-bond donors (Lipinski definition) is 1. The molecule has 0 aliphatic carbocycles. The van der Waals surface area contributed by atoms with Gasteiger partial charge in [-0.05, 0) is 18.2 Å². The van der Waals surface area contributed by atoms with Crippen LogP contribution in [0.1, 0.15) is 23.7 Å². The summed E-state index contributed by atoms with van der Waals surface area (Å²) in [7, 11) is 0. The van der Waals surface area contributed by atoms with Crippen molar-refractivity contribution < 1.29 is 4.92 Å². The second-order valence-electron chi connectivity index (χ2n) is 4.46. The van der Waals surface area contributed by atoms with Crippen molar-refractivity contribution in [2.45, 2.75) is 24.9 Å². The molecule has 21 heavy (non-hydrogen) atoms. The van der Waals surface area contributed by atoms with Crippen molar-refractivity contribution in [3.05, 3.63) is 61.6 Å². The Labute approximate surface area is 125 Å². The Hall–Kier alpha value is -2.15. The van der Waals surface area contributed by atoms with Crippen LogP contribution < -0.4 is 5.56 Å². The molecule has 6 nitrogen and oxygen atoms in total. The maximum Gasteiger partial charge on any atom is 0.269 e. The Morgan fingerprint density at radius 2 is 2.19 bits per heavy atom. The lowest BCUT2D eigenvalue weighted by Gasteiger charge is -2.08. The number of rotatable bonds is 5. The number of aryl methyl sites for hydroxylation is 1. The van der Waals surface area contributed by atoms with Gasteiger partial charge in [0.1, 0.15) is 0 Å². The Morgan fingerprint density at radius 3 is 2.81 bits per heavy atom. The molecule has 1 N–H and O–H groups in total. The van der Waals surface area contributed by atoms with Gasteiger partial charge in [0.2, 0.25) is 0 Å². The van der Waals surface area contributed by atoms with Crippen molar-refractivity contribution in [3.63, 3.8) is 0 Å². The van der Waals surface area contributed by atoms with E-state index in [9.17, 15) is 14.9 Å². The summed E-state index contributed by atoms with van der Waals surface area (Å²) in [6, 6.07) is 6.32. The van der Waals surface area contributed by atoms with Crippen LogP contribution in [-0.2, 0) is 12.8 Å². The molecule has 1 aromatic carbocycles. The molecule has 2 rings (SSSR count). The summed E-state index contributed by atoms with van der Waals surface area (Å²) in [4.78, 5) is 29.6. The SMILES string of the molecule is CCc1nc(SC)[nH]c(=O)c1Cc1cccc([N+](=O)[O-])c1. The fourth-order valence-corrected chi connectivity index (χ4v) is 2.47. The Bertz CT molecular complexity index is 728. The second kappa shape index (κ2) is 6.53. The number of aromatic nitrogens is 2. The van der Waals surface area contributed by atoms with Gasteiger partial charge in [0, 0.05) is 24.1 Å². The highest BCUT2D eigenvalue weighted by atomic mass is 32.2. The van der Waals surface area contributed by atoms with Crippen LogP contribution in [0.3, 0.4) is 0 Å². The molecule has 7 heteroatoms. The first-order valence-corrected chi connectivity index (χ1v) is 7.67. The van der Waals surface area contributed by atoms with Gasteiger partial charge in [0.05, 0.1) is 10.6 Å². The molecule has 0 aliphatic rings. The summed E-state index contributed by atoms with van der Waals surface area (Å²) in [6.07, 6.45) is 2.82. The van der Waals surface area contributed by atoms with E-state index in [0.29, 0.717) is 23.6 Å². The molecule has 2 aromatic rings. The molecule has 0 bridgehead atoms. The van der Waals surface area contributed by atoms with E-state index in [1.54, 1.807) is 12.1 Å². The monoisotopic (exact) mass is 305 g/mol. The van der Waals surface area contributed by atoms with Gasteiger partial charge in [0.25, 0.3) is 11.2 Å². The number of benzene rings is 1. The maximum atomic E-state index is 12.2. The third kappa shape index (κ3) is 3.49. The Morgan fingerprint density at radius 1 is 1.43 bits per heavy atom. The van der Waals surface area contributed by atoms with Crippen LogP contribution in [0.4, 0.5) is 5.69 Å². The summed E-state index contributed by atoms with van der Waals surface area (Å²) in [5, 5.41) is 11.4. The predicted octanol–water partition coefficient (Wildman–Crippen LogP) is 2.55. The average molecular weight is 305 g/mol. The lowest BCUT2D eigenvalue weighted by atomic mass is 10.0. The van der Waals surface area contributed by atoms with Crippen LogP contribution in [0.25, 0.3) is 0 Å². The van der Waals surface area contributed by atoms with Crippen LogP contribution in [0.2, 0.25) is 0 Å². The highest BCUT2D eigenvalue weighted by Gasteiger charge is 2.13. The van der Waals surface area contributed by atoms with Gasteiger partial charge in [-0.1, -0.05) is 30.8 Å². The topological polar surface area (TPSA) is 88.9 Å². The Kier molecular flexibility index (Phi) is 4.74. The largest absolute Gasteiger partial charge is 0.301 e. The van der Waals surface area contributed by atoms with Gasteiger partial charge in [-0.3, -0.25) is 14.9 Å². The number of nitrogens with zero attached hydrogens (tertiary/aromatic N) is 2. The fraction of sp³-hybridized carbons (Fsp3) is 0.286. The Balaban J connectivity index is 2.42. The molecule has 0 saturated carbocycles. The fourth-order valence-electron chi connectivity index (χ4n) is 2.08. The molecular formula is C14H15N3O3S. The highest BCUT2D eigenvalue weighted by Crippen LogP contribution is 2.17. The molecule has 0 fully saturated rings. The third-order valence-corrected chi connectivity index (χ3v) is 3.69. The van der Waals surface area contributed by atoms with E-state index in [-0.39, 0.29) is 11.2 Å².